The van der Waals surface area contributed by atoms with Gasteiger partial charge in [0.25, 0.3) is 5.56 Å². The van der Waals surface area contributed by atoms with Crippen molar-refractivity contribution in [1.82, 2.24) is 19.3 Å². The molecule has 8 heteroatoms. The fraction of sp³-hybridized carbons (Fsp3) is 0.417. The van der Waals surface area contributed by atoms with Gasteiger partial charge in [-0.2, -0.15) is 0 Å². The fourth-order valence-corrected chi connectivity index (χ4v) is 1.72. The summed E-state index contributed by atoms with van der Waals surface area (Å²) in [4.78, 5) is 35.1. The first-order valence-corrected chi connectivity index (χ1v) is 6.06. The second kappa shape index (κ2) is 5.24. The molecule has 2 aromatic rings. The lowest BCUT2D eigenvalue weighted by Gasteiger charge is -2.07. The smallest absolute Gasteiger partial charge is 0.331 e. The van der Waals surface area contributed by atoms with Gasteiger partial charge in [-0.1, -0.05) is 6.92 Å². The molecule has 0 saturated carbocycles. The third kappa shape index (κ3) is 2.44. The molecule has 2 aromatic heterocycles. The summed E-state index contributed by atoms with van der Waals surface area (Å²) in [5, 5.41) is 7.59. The lowest BCUT2D eigenvalue weighted by atomic mass is 10.2. The number of carbonyl (C=O) groups is 1. The number of hydrogen-bond donors (Lipinski definition) is 0. The molecular formula is C12H14N4O4. The SMILES string of the molecule is CCc1nnc(Cn2cc(C(C)=O)c(=O)n(C)c2=O)o1. The Labute approximate surface area is 113 Å². The molecule has 0 N–H and O–H groups in total. The molecule has 106 valence electrons. The third-order valence-electron chi connectivity index (χ3n) is 2.85. The quantitative estimate of drug-likeness (QED) is 0.714. The summed E-state index contributed by atoms with van der Waals surface area (Å²) in [6, 6.07) is 0. The highest BCUT2D eigenvalue weighted by Gasteiger charge is 2.14. The topological polar surface area (TPSA) is 100.0 Å². The minimum absolute atomic E-state index is 0.0141. The predicted molar refractivity (Wildman–Crippen MR) is 68.7 cm³/mol. The Morgan fingerprint density at radius 2 is 1.95 bits per heavy atom. The zero-order chi connectivity index (χ0) is 14.9. The van der Waals surface area contributed by atoms with Crippen LogP contribution in [0.2, 0.25) is 0 Å². The summed E-state index contributed by atoms with van der Waals surface area (Å²) in [5.41, 5.74) is -1.21. The first-order valence-electron chi connectivity index (χ1n) is 6.06. The van der Waals surface area contributed by atoms with Crippen LogP contribution in [0.4, 0.5) is 0 Å². The summed E-state index contributed by atoms with van der Waals surface area (Å²) in [6.45, 7) is 3.15. The van der Waals surface area contributed by atoms with E-state index in [1.54, 1.807) is 0 Å². The van der Waals surface area contributed by atoms with E-state index < -0.39 is 17.0 Å². The molecule has 0 radical (unpaired) electrons. The number of hydrogen-bond acceptors (Lipinski definition) is 6. The van der Waals surface area contributed by atoms with Gasteiger partial charge in [-0.3, -0.25) is 18.7 Å². The molecule has 0 atom stereocenters. The Morgan fingerprint density at radius 1 is 1.30 bits per heavy atom. The molecular weight excluding hydrogens is 264 g/mol. The van der Waals surface area contributed by atoms with Crippen molar-refractivity contribution in [3.05, 3.63) is 44.4 Å². The van der Waals surface area contributed by atoms with E-state index in [9.17, 15) is 14.4 Å². The van der Waals surface area contributed by atoms with Crippen molar-refractivity contribution in [3.8, 4) is 0 Å². The first-order chi connectivity index (χ1) is 9.43. The second-order valence-electron chi connectivity index (χ2n) is 4.32. The van der Waals surface area contributed by atoms with Gasteiger partial charge in [0.05, 0.1) is 5.56 Å². The summed E-state index contributed by atoms with van der Waals surface area (Å²) in [5.74, 6) is 0.306. The van der Waals surface area contributed by atoms with Crippen LogP contribution in [0.15, 0.2) is 20.2 Å². The molecule has 2 rings (SSSR count). The number of Topliss-reactive ketones (excluding diaryl/α,β-unsaturated/α-hetero) is 1. The molecule has 2 heterocycles. The Balaban J connectivity index is 2.49. The third-order valence-corrected chi connectivity index (χ3v) is 2.85. The van der Waals surface area contributed by atoms with Gasteiger partial charge in [0.15, 0.2) is 5.78 Å². The maximum atomic E-state index is 12.0. The van der Waals surface area contributed by atoms with Gasteiger partial charge < -0.3 is 4.42 Å². The molecule has 0 spiro atoms. The largest absolute Gasteiger partial charge is 0.423 e. The average Bonchev–Trinajstić information content (AvgIpc) is 2.86. The molecule has 0 unspecified atom stereocenters. The van der Waals surface area contributed by atoms with E-state index in [2.05, 4.69) is 10.2 Å². The number of ketones is 1. The van der Waals surface area contributed by atoms with Crippen molar-refractivity contribution in [2.45, 2.75) is 26.8 Å². The van der Waals surface area contributed by atoms with Crippen LogP contribution < -0.4 is 11.2 Å². The molecule has 0 fully saturated rings. The van der Waals surface area contributed by atoms with Gasteiger partial charge in [0.1, 0.15) is 6.54 Å². The molecule has 0 amide bonds. The maximum Gasteiger partial charge on any atom is 0.331 e. The van der Waals surface area contributed by atoms with E-state index in [0.29, 0.717) is 12.3 Å². The monoisotopic (exact) mass is 278 g/mol. The van der Waals surface area contributed by atoms with Gasteiger partial charge >= 0.3 is 5.69 Å². The average molecular weight is 278 g/mol. The normalized spacial score (nSPS) is 10.8. The Morgan fingerprint density at radius 3 is 2.50 bits per heavy atom. The minimum atomic E-state index is -0.612. The van der Waals surface area contributed by atoms with Crippen molar-refractivity contribution in [1.29, 1.82) is 0 Å². The number of nitrogens with zero attached hydrogens (tertiary/aromatic N) is 4. The summed E-state index contributed by atoms with van der Waals surface area (Å²) < 4.78 is 7.39. The molecule has 0 aliphatic rings. The molecule has 20 heavy (non-hydrogen) atoms. The van der Waals surface area contributed by atoms with E-state index in [1.807, 2.05) is 6.92 Å². The Kier molecular flexibility index (Phi) is 3.64. The number of aromatic nitrogens is 4. The lowest BCUT2D eigenvalue weighted by Crippen LogP contribution is -2.40. The van der Waals surface area contributed by atoms with Gasteiger partial charge in [-0.25, -0.2) is 4.79 Å². The van der Waals surface area contributed by atoms with E-state index >= 15 is 0 Å². The van der Waals surface area contributed by atoms with Crippen LogP contribution in [0, 0.1) is 0 Å². The highest BCUT2D eigenvalue weighted by Crippen LogP contribution is 2.02. The lowest BCUT2D eigenvalue weighted by molar-refractivity contribution is 0.101. The molecule has 0 aromatic carbocycles. The Hall–Kier alpha value is -2.51. The number of aryl methyl sites for hydroxylation is 1. The van der Waals surface area contributed by atoms with Crippen LogP contribution in [0.25, 0.3) is 0 Å². The molecule has 8 nitrogen and oxygen atoms in total. The van der Waals surface area contributed by atoms with Crippen molar-refractivity contribution in [2.75, 3.05) is 0 Å². The molecule has 0 bridgehead atoms. The zero-order valence-corrected chi connectivity index (χ0v) is 11.4. The van der Waals surface area contributed by atoms with Gasteiger partial charge in [-0.05, 0) is 6.92 Å². The predicted octanol–water partition coefficient (Wildman–Crippen LogP) is -0.257. The Bertz CT molecular complexity index is 768. The highest BCUT2D eigenvalue weighted by molar-refractivity contribution is 5.93. The van der Waals surface area contributed by atoms with E-state index in [0.717, 1.165) is 4.57 Å². The van der Waals surface area contributed by atoms with E-state index in [-0.39, 0.29) is 18.0 Å². The summed E-state index contributed by atoms with van der Waals surface area (Å²) >= 11 is 0. The number of rotatable bonds is 4. The fourth-order valence-electron chi connectivity index (χ4n) is 1.72. The second-order valence-corrected chi connectivity index (χ2v) is 4.32. The van der Waals surface area contributed by atoms with Gasteiger partial charge in [0.2, 0.25) is 11.8 Å². The van der Waals surface area contributed by atoms with Gasteiger partial charge in [0, 0.05) is 19.7 Å². The zero-order valence-electron chi connectivity index (χ0n) is 11.4. The van der Waals surface area contributed by atoms with Crippen LogP contribution in [-0.4, -0.2) is 25.1 Å². The summed E-state index contributed by atoms with van der Waals surface area (Å²) in [7, 11) is 1.32. The maximum absolute atomic E-state index is 12.0. The molecule has 0 saturated heterocycles. The van der Waals surface area contributed by atoms with Gasteiger partial charge in [-0.15, -0.1) is 10.2 Å². The van der Waals surface area contributed by atoms with Crippen molar-refractivity contribution < 1.29 is 9.21 Å². The van der Waals surface area contributed by atoms with Crippen LogP contribution in [-0.2, 0) is 20.0 Å². The minimum Gasteiger partial charge on any atom is -0.423 e. The standard InChI is InChI=1S/C12H14N4O4/c1-4-9-13-14-10(20-9)6-16-5-8(7(2)17)11(18)15(3)12(16)19/h5H,4,6H2,1-3H3. The van der Waals surface area contributed by atoms with Crippen LogP contribution in [0.5, 0.6) is 0 Å². The van der Waals surface area contributed by atoms with Crippen LogP contribution in [0.3, 0.4) is 0 Å². The molecule has 0 aliphatic heterocycles. The highest BCUT2D eigenvalue weighted by atomic mass is 16.4. The van der Waals surface area contributed by atoms with Crippen molar-refractivity contribution in [3.63, 3.8) is 0 Å². The van der Waals surface area contributed by atoms with E-state index in [4.69, 9.17) is 4.42 Å². The first kappa shape index (κ1) is 13.9. The van der Waals surface area contributed by atoms with Crippen molar-refractivity contribution in [2.24, 2.45) is 7.05 Å². The summed E-state index contributed by atoms with van der Waals surface area (Å²) in [6.07, 6.45) is 1.82. The van der Waals surface area contributed by atoms with Crippen molar-refractivity contribution >= 4 is 5.78 Å². The van der Waals surface area contributed by atoms with Crippen LogP contribution in [0.1, 0.15) is 36.0 Å². The number of carbonyl (C=O) groups excluding carboxylic acids is 1. The molecule has 0 aliphatic carbocycles. The van der Waals surface area contributed by atoms with E-state index in [1.165, 1.54) is 24.7 Å². The van der Waals surface area contributed by atoms with Crippen LogP contribution >= 0.6 is 0 Å².